The fraction of sp³-hybridized carbons (Fsp3) is 0.308. The molecule has 0 amide bonds. The highest BCUT2D eigenvalue weighted by atomic mass is 32.2. The average molecular weight is 319 g/mol. The Kier molecular flexibility index (Phi) is 4.59. The van der Waals surface area contributed by atoms with Crippen molar-refractivity contribution < 1.29 is 17.4 Å². The van der Waals surface area contributed by atoms with E-state index in [1.54, 1.807) is 5.38 Å². The Morgan fingerprint density at radius 2 is 1.95 bits per heavy atom. The molecular weight excluding hydrogens is 307 g/mol. The van der Waals surface area contributed by atoms with E-state index < -0.39 is 22.5 Å². The molecule has 0 bridgehead atoms. The summed E-state index contributed by atoms with van der Waals surface area (Å²) in [6.07, 6.45) is -4.42. The summed E-state index contributed by atoms with van der Waals surface area (Å²) in [7, 11) is -1.41. The third-order valence-corrected chi connectivity index (χ3v) is 4.69. The van der Waals surface area contributed by atoms with Gasteiger partial charge in [0.25, 0.3) is 0 Å². The molecule has 0 fully saturated rings. The second-order valence-corrected chi connectivity index (χ2v) is 6.76. The van der Waals surface area contributed by atoms with E-state index in [1.165, 1.54) is 29.5 Å². The van der Waals surface area contributed by atoms with Gasteiger partial charge in [0.2, 0.25) is 0 Å². The predicted molar refractivity (Wildman–Crippen MR) is 73.8 cm³/mol. The first-order chi connectivity index (χ1) is 9.36. The van der Waals surface area contributed by atoms with Crippen molar-refractivity contribution in [1.82, 2.24) is 4.98 Å². The van der Waals surface area contributed by atoms with E-state index in [-0.39, 0.29) is 17.1 Å². The lowest BCUT2D eigenvalue weighted by Crippen LogP contribution is -2.11. The zero-order chi connectivity index (χ0) is 14.8. The van der Waals surface area contributed by atoms with Crippen LogP contribution in [0.3, 0.4) is 0 Å². The van der Waals surface area contributed by atoms with Crippen LogP contribution < -0.4 is 0 Å². The first kappa shape index (κ1) is 15.2. The number of benzene rings is 1. The molecule has 0 spiro atoms. The van der Waals surface area contributed by atoms with Crippen molar-refractivity contribution in [3.8, 4) is 0 Å². The zero-order valence-electron chi connectivity index (χ0n) is 10.6. The number of halogens is 3. The van der Waals surface area contributed by atoms with Gasteiger partial charge < -0.3 is 0 Å². The SMILES string of the molecule is Cc1nc(C[S@@](=O)Cc2ccccc2C(F)(F)F)cs1. The van der Waals surface area contributed by atoms with Crippen molar-refractivity contribution in [2.24, 2.45) is 0 Å². The van der Waals surface area contributed by atoms with Crippen LogP contribution >= 0.6 is 11.3 Å². The number of thiazole rings is 1. The lowest BCUT2D eigenvalue weighted by atomic mass is 10.1. The van der Waals surface area contributed by atoms with Gasteiger partial charge in [-0.1, -0.05) is 18.2 Å². The Hall–Kier alpha value is -1.21. The molecule has 1 atom stereocenters. The van der Waals surface area contributed by atoms with Gasteiger partial charge in [0.05, 0.1) is 22.0 Å². The van der Waals surface area contributed by atoms with Crippen LogP contribution in [-0.4, -0.2) is 9.19 Å². The van der Waals surface area contributed by atoms with Crippen molar-refractivity contribution in [3.05, 3.63) is 51.5 Å². The first-order valence-electron chi connectivity index (χ1n) is 5.77. The molecule has 0 saturated carbocycles. The summed E-state index contributed by atoms with van der Waals surface area (Å²) in [6.45, 7) is 1.83. The predicted octanol–water partition coefficient (Wildman–Crippen LogP) is 3.92. The molecule has 20 heavy (non-hydrogen) atoms. The normalized spacial score (nSPS) is 13.4. The maximum Gasteiger partial charge on any atom is 0.416 e. The fourth-order valence-corrected chi connectivity index (χ4v) is 3.68. The molecule has 1 heterocycles. The van der Waals surface area contributed by atoms with Crippen LogP contribution in [0, 0.1) is 6.92 Å². The van der Waals surface area contributed by atoms with E-state index >= 15 is 0 Å². The molecule has 0 radical (unpaired) electrons. The molecule has 0 aliphatic carbocycles. The molecule has 108 valence electrons. The van der Waals surface area contributed by atoms with E-state index in [2.05, 4.69) is 4.98 Å². The molecule has 2 aromatic rings. The number of nitrogens with zero attached hydrogens (tertiary/aromatic N) is 1. The summed E-state index contributed by atoms with van der Waals surface area (Å²) in [6, 6.07) is 5.24. The van der Waals surface area contributed by atoms with Crippen LogP contribution in [0.15, 0.2) is 29.6 Å². The standard InChI is InChI=1S/C13H12F3NOS2/c1-9-17-11(6-19-9)8-20(18)7-10-4-2-3-5-12(10)13(14,15)16/h2-6H,7-8H2,1H3/t20-/m0/s1. The molecule has 7 heteroatoms. The monoisotopic (exact) mass is 319 g/mol. The summed E-state index contributed by atoms with van der Waals surface area (Å²) < 4.78 is 50.4. The number of aromatic nitrogens is 1. The number of aryl methyl sites for hydroxylation is 1. The lowest BCUT2D eigenvalue weighted by Gasteiger charge is -2.12. The molecule has 0 unspecified atom stereocenters. The van der Waals surface area contributed by atoms with Crippen molar-refractivity contribution in [2.45, 2.75) is 24.6 Å². The van der Waals surface area contributed by atoms with E-state index in [9.17, 15) is 17.4 Å². The largest absolute Gasteiger partial charge is 0.416 e. The molecule has 0 saturated heterocycles. The second-order valence-electron chi connectivity index (χ2n) is 4.24. The van der Waals surface area contributed by atoms with Gasteiger partial charge in [-0.15, -0.1) is 11.3 Å². The van der Waals surface area contributed by atoms with Gasteiger partial charge in [0.15, 0.2) is 0 Å². The number of hydrogen-bond acceptors (Lipinski definition) is 3. The molecule has 0 N–H and O–H groups in total. The number of rotatable bonds is 4. The smallest absolute Gasteiger partial charge is 0.259 e. The van der Waals surface area contributed by atoms with Crippen LogP contribution in [0.2, 0.25) is 0 Å². The van der Waals surface area contributed by atoms with Crippen molar-refractivity contribution in [2.75, 3.05) is 0 Å². The van der Waals surface area contributed by atoms with Gasteiger partial charge in [0, 0.05) is 21.9 Å². The van der Waals surface area contributed by atoms with Crippen molar-refractivity contribution >= 4 is 22.1 Å². The summed E-state index contributed by atoms with van der Waals surface area (Å²) >= 11 is 1.43. The molecule has 2 rings (SSSR count). The highest BCUT2D eigenvalue weighted by Crippen LogP contribution is 2.32. The van der Waals surface area contributed by atoms with E-state index in [0.717, 1.165) is 11.1 Å². The van der Waals surface area contributed by atoms with Gasteiger partial charge in [-0.2, -0.15) is 13.2 Å². The van der Waals surface area contributed by atoms with Crippen LogP contribution in [0.25, 0.3) is 0 Å². The van der Waals surface area contributed by atoms with Crippen LogP contribution in [-0.2, 0) is 28.5 Å². The molecular formula is C13H12F3NOS2. The Morgan fingerprint density at radius 3 is 2.55 bits per heavy atom. The minimum absolute atomic E-state index is 0.0604. The summed E-state index contributed by atoms with van der Waals surface area (Å²) in [5, 5.41) is 2.63. The summed E-state index contributed by atoms with van der Waals surface area (Å²) in [4.78, 5) is 4.17. The summed E-state index contributed by atoms with van der Waals surface area (Å²) in [5.74, 6) is 0.0583. The topological polar surface area (TPSA) is 30.0 Å². The van der Waals surface area contributed by atoms with Crippen LogP contribution in [0.4, 0.5) is 13.2 Å². The Morgan fingerprint density at radius 1 is 1.25 bits per heavy atom. The van der Waals surface area contributed by atoms with Crippen LogP contribution in [0.1, 0.15) is 21.8 Å². The van der Waals surface area contributed by atoms with Gasteiger partial charge in [-0.05, 0) is 18.6 Å². The van der Waals surface area contributed by atoms with Gasteiger partial charge >= 0.3 is 6.18 Å². The average Bonchev–Trinajstić information content (AvgIpc) is 2.73. The van der Waals surface area contributed by atoms with Gasteiger partial charge in [-0.3, -0.25) is 4.21 Å². The maximum absolute atomic E-state index is 12.8. The number of alkyl halides is 3. The molecule has 1 aromatic heterocycles. The lowest BCUT2D eigenvalue weighted by molar-refractivity contribution is -0.138. The van der Waals surface area contributed by atoms with Gasteiger partial charge in [0.1, 0.15) is 0 Å². The highest BCUT2D eigenvalue weighted by molar-refractivity contribution is 7.83. The molecule has 0 aliphatic heterocycles. The molecule has 0 aliphatic rings. The maximum atomic E-state index is 12.8. The third-order valence-electron chi connectivity index (χ3n) is 2.61. The second kappa shape index (κ2) is 6.05. The van der Waals surface area contributed by atoms with E-state index in [4.69, 9.17) is 0 Å². The Balaban J connectivity index is 2.12. The Labute approximate surface area is 121 Å². The van der Waals surface area contributed by atoms with Gasteiger partial charge in [-0.25, -0.2) is 4.98 Å². The van der Waals surface area contributed by atoms with Crippen LogP contribution in [0.5, 0.6) is 0 Å². The van der Waals surface area contributed by atoms with E-state index in [1.807, 2.05) is 6.92 Å². The van der Waals surface area contributed by atoms with E-state index in [0.29, 0.717) is 5.69 Å². The molecule has 2 nitrogen and oxygen atoms in total. The minimum atomic E-state index is -4.42. The fourth-order valence-electron chi connectivity index (χ4n) is 1.79. The zero-order valence-corrected chi connectivity index (χ0v) is 12.2. The molecule has 1 aromatic carbocycles. The minimum Gasteiger partial charge on any atom is -0.259 e. The summed E-state index contributed by atoms with van der Waals surface area (Å²) in [5.41, 5.74) is 0.00316. The quantitative estimate of drug-likeness (QED) is 0.855. The van der Waals surface area contributed by atoms with Crippen molar-refractivity contribution in [1.29, 1.82) is 0 Å². The first-order valence-corrected chi connectivity index (χ1v) is 8.14. The highest BCUT2D eigenvalue weighted by Gasteiger charge is 2.33. The van der Waals surface area contributed by atoms with Crippen molar-refractivity contribution in [3.63, 3.8) is 0 Å². The number of hydrogen-bond donors (Lipinski definition) is 0. The third kappa shape index (κ3) is 3.89. The Bertz CT molecular complexity index is 622.